The molecule has 162 valence electrons. The third-order valence-corrected chi connectivity index (χ3v) is 6.43. The van der Waals surface area contributed by atoms with E-state index in [4.69, 9.17) is 4.98 Å². The maximum absolute atomic E-state index is 4.73. The molecule has 0 saturated carbocycles. The Hall–Kier alpha value is -2.16. The van der Waals surface area contributed by atoms with Gasteiger partial charge in [-0.15, -0.1) is 11.3 Å². The summed E-state index contributed by atoms with van der Waals surface area (Å²) in [4.78, 5) is 22.4. The van der Waals surface area contributed by atoms with Gasteiger partial charge in [-0.25, -0.2) is 4.98 Å². The van der Waals surface area contributed by atoms with Crippen LogP contribution in [-0.2, 0) is 0 Å². The van der Waals surface area contributed by atoms with Crippen molar-refractivity contribution in [3.8, 4) is 11.1 Å². The molecule has 1 aliphatic heterocycles. The number of halogens is 2. The number of piperazine rings is 1. The van der Waals surface area contributed by atoms with Crippen LogP contribution < -0.4 is 34.6 Å². The van der Waals surface area contributed by atoms with Gasteiger partial charge in [0, 0.05) is 22.3 Å². The second-order valence-electron chi connectivity index (χ2n) is 7.60. The summed E-state index contributed by atoms with van der Waals surface area (Å²) in [7, 11) is 0. The summed E-state index contributed by atoms with van der Waals surface area (Å²) in [6.07, 6.45) is 1.71. The molecule has 6 nitrogen and oxygen atoms in total. The Morgan fingerprint density at radius 2 is 1.48 bits per heavy atom. The zero-order valence-electron chi connectivity index (χ0n) is 17.4. The Labute approximate surface area is 198 Å². The number of benzene rings is 1. The van der Waals surface area contributed by atoms with Gasteiger partial charge in [-0.05, 0) is 25.5 Å². The lowest BCUT2D eigenvalue weighted by molar-refractivity contribution is -0.954. The van der Waals surface area contributed by atoms with Crippen LogP contribution in [0.1, 0.15) is 11.4 Å². The fraction of sp³-hybridized carbons (Fsp3) is 0.273. The predicted molar refractivity (Wildman–Crippen MR) is 115 cm³/mol. The largest absolute Gasteiger partial charge is 1.00 e. The first kappa shape index (κ1) is 23.5. The average molecular weight is 475 g/mol. The van der Waals surface area contributed by atoms with Crippen LogP contribution in [0.5, 0.6) is 0 Å². The summed E-state index contributed by atoms with van der Waals surface area (Å²) in [5.74, 6) is 2.05. The van der Waals surface area contributed by atoms with Crippen LogP contribution in [0.25, 0.3) is 21.3 Å². The Morgan fingerprint density at radius 1 is 0.839 bits per heavy atom. The van der Waals surface area contributed by atoms with Crippen molar-refractivity contribution in [3.63, 3.8) is 0 Å². The topological polar surface area (TPSA) is 60.4 Å². The van der Waals surface area contributed by atoms with Crippen LogP contribution in [0.4, 0.5) is 11.8 Å². The van der Waals surface area contributed by atoms with Gasteiger partial charge < -0.3 is 24.8 Å². The van der Waals surface area contributed by atoms with E-state index in [2.05, 4.69) is 50.7 Å². The van der Waals surface area contributed by atoms with Gasteiger partial charge in [-0.2, -0.15) is 15.0 Å². The molecule has 1 saturated heterocycles. The van der Waals surface area contributed by atoms with Gasteiger partial charge >= 0.3 is 5.95 Å². The van der Waals surface area contributed by atoms with Crippen molar-refractivity contribution >= 4 is 33.3 Å². The third kappa shape index (κ3) is 4.71. The zero-order chi connectivity index (χ0) is 19.8. The van der Waals surface area contributed by atoms with Crippen molar-refractivity contribution in [1.29, 1.82) is 0 Å². The summed E-state index contributed by atoms with van der Waals surface area (Å²) < 4.78 is 0. The summed E-state index contributed by atoms with van der Waals surface area (Å²) in [6, 6.07) is 12.6. The van der Waals surface area contributed by atoms with Crippen LogP contribution in [0.15, 0.2) is 48.1 Å². The number of aryl methyl sites for hydroxylation is 2. The van der Waals surface area contributed by atoms with E-state index in [1.165, 1.54) is 26.3 Å². The van der Waals surface area contributed by atoms with Crippen LogP contribution in [0.3, 0.4) is 0 Å². The van der Waals surface area contributed by atoms with Crippen molar-refractivity contribution in [2.75, 3.05) is 26.2 Å². The number of nitrogens with one attached hydrogen (secondary N) is 2. The molecule has 31 heavy (non-hydrogen) atoms. The second kappa shape index (κ2) is 9.97. The van der Waals surface area contributed by atoms with Gasteiger partial charge in [0.15, 0.2) is 0 Å². The van der Waals surface area contributed by atoms with E-state index in [1.54, 1.807) is 17.7 Å². The molecule has 2 N–H and O–H groups in total. The minimum atomic E-state index is 0. The summed E-state index contributed by atoms with van der Waals surface area (Å²) in [6.45, 7) is 8.07. The van der Waals surface area contributed by atoms with E-state index in [9.17, 15) is 0 Å². The molecule has 3 aromatic heterocycles. The van der Waals surface area contributed by atoms with Crippen molar-refractivity contribution in [1.82, 2.24) is 19.9 Å². The van der Waals surface area contributed by atoms with Crippen LogP contribution >= 0.6 is 11.3 Å². The molecule has 0 radical (unpaired) electrons. The zero-order valence-corrected chi connectivity index (χ0v) is 19.7. The van der Waals surface area contributed by atoms with Gasteiger partial charge in [0.1, 0.15) is 42.7 Å². The van der Waals surface area contributed by atoms with E-state index < -0.39 is 0 Å². The summed E-state index contributed by atoms with van der Waals surface area (Å²) in [5, 5.41) is 3.41. The minimum absolute atomic E-state index is 0. The maximum atomic E-state index is 4.73. The number of aromatic nitrogens is 4. The number of nitrogens with zero attached hydrogens (tertiary/aromatic N) is 4. The fourth-order valence-electron chi connectivity index (χ4n) is 4.17. The molecule has 0 spiro atoms. The molecule has 1 aromatic carbocycles. The van der Waals surface area contributed by atoms with Crippen molar-refractivity contribution in [2.45, 2.75) is 13.8 Å². The van der Waals surface area contributed by atoms with Crippen molar-refractivity contribution in [3.05, 3.63) is 59.5 Å². The average Bonchev–Trinajstić information content (AvgIpc) is 3.18. The van der Waals surface area contributed by atoms with E-state index in [0.29, 0.717) is 0 Å². The first-order valence-electron chi connectivity index (χ1n) is 9.99. The molecule has 0 aliphatic carbocycles. The minimum Gasteiger partial charge on any atom is -1.00 e. The van der Waals surface area contributed by atoms with Crippen LogP contribution in [0.2, 0.25) is 0 Å². The van der Waals surface area contributed by atoms with Gasteiger partial charge in [-0.3, -0.25) is 9.80 Å². The number of hydrogen-bond acceptors (Lipinski definition) is 5. The molecule has 0 amide bonds. The first-order chi connectivity index (χ1) is 14.2. The molecular weight excluding hydrogens is 451 g/mol. The quantitative estimate of drug-likeness (QED) is 0.314. The maximum Gasteiger partial charge on any atom is 0.327 e. The van der Waals surface area contributed by atoms with Crippen LogP contribution in [-0.4, -0.2) is 46.1 Å². The lowest BCUT2D eigenvalue weighted by Crippen LogP contribution is -3.24. The SMILES string of the molecule is Cc1cc(C)nc([NH+]2CC[NH+](c3ncnc4scc(-c5ccccc5)c34)CC2)n1.[Cl-].[Cl-]. The standard InChI is InChI=1S/C22H22N6S.2ClH/c1-15-12-16(2)26-22(25-15)28-10-8-27(9-11-28)20-19-18(17-6-4-3-5-7-17)13-29-21(19)24-14-23-20;;/h3-7,12-14H,8-11H2,1-2H3;2*1H. The van der Waals surface area contributed by atoms with Gasteiger partial charge in [0.25, 0.3) is 0 Å². The normalized spacial score (nSPS) is 18.3. The highest BCUT2D eigenvalue weighted by Crippen LogP contribution is 2.35. The smallest absolute Gasteiger partial charge is 0.327 e. The highest BCUT2D eigenvalue weighted by Gasteiger charge is 2.31. The third-order valence-electron chi connectivity index (χ3n) is 5.55. The van der Waals surface area contributed by atoms with E-state index >= 15 is 0 Å². The molecule has 5 rings (SSSR count). The molecule has 1 fully saturated rings. The van der Waals surface area contributed by atoms with Crippen LogP contribution in [0, 0.1) is 13.8 Å². The van der Waals surface area contributed by atoms with Gasteiger partial charge in [-0.1, -0.05) is 30.3 Å². The Balaban J connectivity index is 0.00000136. The fourth-order valence-corrected chi connectivity index (χ4v) is 5.09. The number of quaternary nitrogens is 2. The monoisotopic (exact) mass is 474 g/mol. The van der Waals surface area contributed by atoms with E-state index in [0.717, 1.165) is 54.2 Å². The number of thiophene rings is 1. The predicted octanol–water partition coefficient (Wildman–Crippen LogP) is -4.48. The molecular formula is C22H24Cl2N6S. The second-order valence-corrected chi connectivity index (χ2v) is 8.46. The molecule has 0 unspecified atom stereocenters. The highest BCUT2D eigenvalue weighted by molar-refractivity contribution is 7.17. The molecule has 4 aromatic rings. The molecule has 1 aliphatic rings. The van der Waals surface area contributed by atoms with Crippen molar-refractivity contribution in [2.24, 2.45) is 0 Å². The lowest BCUT2D eigenvalue weighted by atomic mass is 10.1. The number of hydrogen-bond donors (Lipinski definition) is 2. The van der Waals surface area contributed by atoms with Gasteiger partial charge in [0.2, 0.25) is 5.82 Å². The molecule has 0 bridgehead atoms. The Kier molecular flexibility index (Phi) is 7.56. The van der Waals surface area contributed by atoms with E-state index in [-0.39, 0.29) is 24.8 Å². The molecule has 9 heteroatoms. The van der Waals surface area contributed by atoms with E-state index in [1.807, 2.05) is 19.9 Å². The first-order valence-corrected chi connectivity index (χ1v) is 10.9. The number of rotatable bonds is 3. The Morgan fingerprint density at radius 3 is 2.16 bits per heavy atom. The lowest BCUT2D eigenvalue weighted by Gasteiger charge is -2.27. The Bertz CT molecular complexity index is 1140. The summed E-state index contributed by atoms with van der Waals surface area (Å²) in [5.41, 5.74) is 4.54. The highest BCUT2D eigenvalue weighted by atomic mass is 35.5. The molecule has 0 atom stereocenters. The molecule has 4 heterocycles. The van der Waals surface area contributed by atoms with Crippen molar-refractivity contribution < 1.29 is 34.6 Å². The summed E-state index contributed by atoms with van der Waals surface area (Å²) >= 11 is 1.70. The number of fused-ring (bicyclic) bond motifs is 1. The van der Waals surface area contributed by atoms with Gasteiger partial charge in [0.05, 0.1) is 0 Å².